The van der Waals surface area contributed by atoms with Crippen LogP contribution in [0.3, 0.4) is 0 Å². The van der Waals surface area contributed by atoms with Gasteiger partial charge in [-0.05, 0) is 102 Å². The van der Waals surface area contributed by atoms with E-state index >= 15 is 0 Å². The summed E-state index contributed by atoms with van der Waals surface area (Å²) in [5.74, 6) is 0. The molecule has 50 heavy (non-hydrogen) atoms. The van der Waals surface area contributed by atoms with Gasteiger partial charge >= 0.3 is 0 Å². The highest BCUT2D eigenvalue weighted by Gasteiger charge is 2.19. The van der Waals surface area contributed by atoms with Crippen LogP contribution >= 0.6 is 0 Å². The van der Waals surface area contributed by atoms with E-state index in [2.05, 4.69) is 158 Å². The van der Waals surface area contributed by atoms with Gasteiger partial charge < -0.3 is 8.83 Å². The van der Waals surface area contributed by atoms with Crippen LogP contribution in [0.2, 0.25) is 0 Å². The monoisotopic (exact) mass is 636 g/mol. The van der Waals surface area contributed by atoms with Gasteiger partial charge in [-0.25, -0.2) is 0 Å². The van der Waals surface area contributed by atoms with Gasteiger partial charge in [0.05, 0.1) is 0 Å². The van der Waals surface area contributed by atoms with Gasteiger partial charge in [0.25, 0.3) is 0 Å². The maximum Gasteiger partial charge on any atom is 0.136 e. The summed E-state index contributed by atoms with van der Waals surface area (Å²) in [5.41, 5.74) is 10.8. The fourth-order valence-electron chi connectivity index (χ4n) is 8.29. The van der Waals surface area contributed by atoms with Crippen molar-refractivity contribution in [2.75, 3.05) is 0 Å². The van der Waals surface area contributed by atoms with Gasteiger partial charge in [0.2, 0.25) is 0 Å². The van der Waals surface area contributed by atoms with Gasteiger partial charge in [-0.3, -0.25) is 0 Å². The molecule has 232 valence electrons. The molecule has 0 N–H and O–H groups in total. The zero-order valence-corrected chi connectivity index (χ0v) is 27.0. The van der Waals surface area contributed by atoms with Gasteiger partial charge in [0.15, 0.2) is 0 Å². The minimum Gasteiger partial charge on any atom is -0.456 e. The summed E-state index contributed by atoms with van der Waals surface area (Å²) in [6.07, 6.45) is 0. The third kappa shape index (κ3) is 3.90. The zero-order valence-electron chi connectivity index (χ0n) is 27.0. The number of hydrogen-bond donors (Lipinski definition) is 0. The minimum absolute atomic E-state index is 0.881. The van der Waals surface area contributed by atoms with Crippen molar-refractivity contribution in [2.24, 2.45) is 0 Å². The summed E-state index contributed by atoms with van der Waals surface area (Å²) in [5, 5.41) is 12.0. The van der Waals surface area contributed by atoms with Crippen LogP contribution in [0.15, 0.2) is 179 Å². The summed E-state index contributed by atoms with van der Waals surface area (Å²) in [6.45, 7) is 0. The van der Waals surface area contributed by atoms with Crippen molar-refractivity contribution in [3.05, 3.63) is 170 Å². The number of hydrogen-bond acceptors (Lipinski definition) is 2. The Morgan fingerprint density at radius 3 is 1.50 bits per heavy atom. The molecule has 2 aromatic heterocycles. The molecule has 2 heterocycles. The Kier molecular flexibility index (Phi) is 5.70. The van der Waals surface area contributed by atoms with E-state index in [0.717, 1.165) is 55.0 Å². The first-order valence-corrected chi connectivity index (χ1v) is 17.1. The molecule has 0 bridgehead atoms. The highest BCUT2D eigenvalue weighted by Crippen LogP contribution is 2.46. The van der Waals surface area contributed by atoms with Crippen LogP contribution in [-0.4, -0.2) is 0 Å². The van der Waals surface area contributed by atoms with Gasteiger partial charge in [-0.2, -0.15) is 0 Å². The van der Waals surface area contributed by atoms with Crippen molar-refractivity contribution in [2.45, 2.75) is 0 Å². The summed E-state index contributed by atoms with van der Waals surface area (Å²) in [7, 11) is 0. The molecule has 11 rings (SSSR count). The second-order valence-corrected chi connectivity index (χ2v) is 13.2. The van der Waals surface area contributed by atoms with Crippen molar-refractivity contribution < 1.29 is 8.83 Å². The Balaban J connectivity index is 1.17. The van der Waals surface area contributed by atoms with Crippen LogP contribution in [0.1, 0.15) is 0 Å². The molecule has 0 unspecified atom stereocenters. The Labute approximate surface area is 287 Å². The third-order valence-corrected chi connectivity index (χ3v) is 10.5. The highest BCUT2D eigenvalue weighted by atomic mass is 16.3. The molecule has 0 spiro atoms. The standard InChI is InChI=1S/C48H28O2/c1-2-13-32-29(11-1)12-9-20-34(32)47-37-16-5-3-14-35(37)46(36-15-4-6-17-38(36)47)31-24-26-44-41(28-31)40-27-30(23-25-43(40)49-44)33-19-10-22-45-48(33)39-18-7-8-21-42(39)50-45/h1-28H. The predicted molar refractivity (Wildman–Crippen MR) is 210 cm³/mol. The Morgan fingerprint density at radius 2 is 0.760 bits per heavy atom. The lowest BCUT2D eigenvalue weighted by atomic mass is 9.84. The zero-order chi connectivity index (χ0) is 32.8. The number of furan rings is 2. The Morgan fingerprint density at radius 1 is 0.280 bits per heavy atom. The fourth-order valence-corrected chi connectivity index (χ4v) is 8.29. The number of para-hydroxylation sites is 1. The van der Waals surface area contributed by atoms with E-state index in [-0.39, 0.29) is 0 Å². The summed E-state index contributed by atoms with van der Waals surface area (Å²) < 4.78 is 12.7. The Hall–Kier alpha value is -6.64. The molecule has 0 fully saturated rings. The lowest BCUT2D eigenvalue weighted by molar-refractivity contribution is 0.669. The molecular weight excluding hydrogens is 609 g/mol. The summed E-state index contributed by atoms with van der Waals surface area (Å²) in [4.78, 5) is 0. The van der Waals surface area contributed by atoms with E-state index in [1.807, 2.05) is 12.1 Å². The molecule has 0 aliphatic carbocycles. The molecule has 0 amide bonds. The number of rotatable bonds is 3. The fraction of sp³-hybridized carbons (Fsp3) is 0. The van der Waals surface area contributed by atoms with Crippen molar-refractivity contribution in [1.29, 1.82) is 0 Å². The maximum absolute atomic E-state index is 6.45. The van der Waals surface area contributed by atoms with Gasteiger partial charge in [-0.1, -0.05) is 133 Å². The molecule has 0 saturated carbocycles. The second-order valence-electron chi connectivity index (χ2n) is 13.2. The van der Waals surface area contributed by atoms with Crippen LogP contribution in [0.5, 0.6) is 0 Å². The SMILES string of the molecule is c1ccc2c(-c3c4ccccc4c(-c4ccc5oc6ccc(-c7cccc8oc9ccccc9c78)cc6c5c4)c4ccccc34)cccc2c1. The normalized spacial score (nSPS) is 12.0. The van der Waals surface area contributed by atoms with E-state index in [1.54, 1.807) is 0 Å². The van der Waals surface area contributed by atoms with Gasteiger partial charge in [0.1, 0.15) is 22.3 Å². The van der Waals surface area contributed by atoms with Crippen molar-refractivity contribution in [1.82, 2.24) is 0 Å². The van der Waals surface area contributed by atoms with E-state index in [1.165, 1.54) is 54.6 Å². The summed E-state index contributed by atoms with van der Waals surface area (Å²) in [6, 6.07) is 60.9. The molecule has 11 aromatic rings. The number of fused-ring (bicyclic) bond motifs is 9. The molecule has 0 atom stereocenters. The molecule has 0 radical (unpaired) electrons. The van der Waals surface area contributed by atoms with Crippen LogP contribution in [0.25, 0.3) is 110 Å². The molecular formula is C48H28O2. The first kappa shape index (κ1) is 27.3. The molecule has 9 aromatic carbocycles. The average molecular weight is 637 g/mol. The van der Waals surface area contributed by atoms with Crippen molar-refractivity contribution >= 4 is 76.2 Å². The van der Waals surface area contributed by atoms with Crippen molar-refractivity contribution in [3.8, 4) is 33.4 Å². The lowest BCUT2D eigenvalue weighted by Crippen LogP contribution is -1.91. The quantitative estimate of drug-likeness (QED) is 0.180. The van der Waals surface area contributed by atoms with E-state index in [4.69, 9.17) is 8.83 Å². The largest absolute Gasteiger partial charge is 0.456 e. The van der Waals surface area contributed by atoms with E-state index in [9.17, 15) is 0 Å². The molecule has 0 saturated heterocycles. The van der Waals surface area contributed by atoms with Gasteiger partial charge in [-0.15, -0.1) is 0 Å². The number of benzene rings is 9. The average Bonchev–Trinajstić information content (AvgIpc) is 3.74. The maximum atomic E-state index is 6.45. The topological polar surface area (TPSA) is 26.3 Å². The smallest absolute Gasteiger partial charge is 0.136 e. The van der Waals surface area contributed by atoms with E-state index < -0.39 is 0 Å². The highest BCUT2D eigenvalue weighted by molar-refractivity contribution is 6.24. The summed E-state index contributed by atoms with van der Waals surface area (Å²) >= 11 is 0. The molecule has 2 heteroatoms. The molecule has 2 nitrogen and oxygen atoms in total. The van der Waals surface area contributed by atoms with Crippen LogP contribution < -0.4 is 0 Å². The van der Waals surface area contributed by atoms with Crippen LogP contribution in [-0.2, 0) is 0 Å². The van der Waals surface area contributed by atoms with Crippen LogP contribution in [0.4, 0.5) is 0 Å². The molecule has 0 aliphatic rings. The van der Waals surface area contributed by atoms with Crippen LogP contribution in [0, 0.1) is 0 Å². The predicted octanol–water partition coefficient (Wildman–Crippen LogP) is 13.9. The first-order chi connectivity index (χ1) is 24.8. The van der Waals surface area contributed by atoms with Crippen molar-refractivity contribution in [3.63, 3.8) is 0 Å². The van der Waals surface area contributed by atoms with Gasteiger partial charge in [0, 0.05) is 21.5 Å². The lowest BCUT2D eigenvalue weighted by Gasteiger charge is -2.18. The first-order valence-electron chi connectivity index (χ1n) is 17.1. The van der Waals surface area contributed by atoms with E-state index in [0.29, 0.717) is 0 Å². The second kappa shape index (κ2) is 10.4. The Bertz CT molecular complexity index is 3090. The third-order valence-electron chi connectivity index (χ3n) is 10.5. The minimum atomic E-state index is 0.881. The molecule has 0 aliphatic heterocycles.